The Morgan fingerprint density at radius 2 is 1.76 bits per heavy atom. The lowest BCUT2D eigenvalue weighted by Crippen LogP contribution is -2.29. The van der Waals surface area contributed by atoms with E-state index in [-0.39, 0.29) is 10.9 Å². The maximum Gasteiger partial charge on any atom is 0.246 e. The molecule has 1 aliphatic heterocycles. The lowest BCUT2D eigenvalue weighted by molar-refractivity contribution is 0.390. The molecule has 0 radical (unpaired) electrons. The number of sulfonamides is 1. The Kier molecular flexibility index (Phi) is 5.15. The Bertz CT molecular complexity index is 802. The maximum absolute atomic E-state index is 12.6. The number of aromatic nitrogens is 1. The van der Waals surface area contributed by atoms with E-state index in [2.05, 4.69) is 26.9 Å². The zero-order valence-corrected chi connectivity index (χ0v) is 15.8. The fourth-order valence-corrected chi connectivity index (χ4v) is 4.91. The van der Waals surface area contributed by atoms with Gasteiger partial charge in [-0.05, 0) is 57.7 Å². The summed E-state index contributed by atoms with van der Waals surface area (Å²) in [5.41, 5.74) is 2.50. The van der Waals surface area contributed by atoms with Crippen LogP contribution in [-0.4, -0.2) is 26.7 Å². The first kappa shape index (κ1) is 17.9. The third kappa shape index (κ3) is 3.88. The molecule has 6 nitrogen and oxygen atoms in total. The summed E-state index contributed by atoms with van der Waals surface area (Å²) < 4.78 is 32.9. The molecule has 3 rings (SSSR count). The second-order valence-electron chi connectivity index (χ2n) is 6.64. The Hall–Kier alpha value is -1.86. The third-order valence-corrected chi connectivity index (χ3v) is 6.47. The Morgan fingerprint density at radius 3 is 2.32 bits per heavy atom. The Balaban J connectivity index is 1.73. The van der Waals surface area contributed by atoms with Gasteiger partial charge in [-0.3, -0.25) is 0 Å². The molecule has 2 heterocycles. The van der Waals surface area contributed by atoms with Gasteiger partial charge in [0, 0.05) is 24.8 Å². The van der Waals surface area contributed by atoms with Gasteiger partial charge in [0.1, 0.15) is 10.6 Å². The molecule has 0 saturated carbocycles. The average molecular weight is 363 g/mol. The molecule has 1 atom stereocenters. The van der Waals surface area contributed by atoms with Crippen molar-refractivity contribution in [2.75, 3.05) is 18.0 Å². The van der Waals surface area contributed by atoms with Gasteiger partial charge in [-0.1, -0.05) is 17.3 Å². The molecular formula is C18H25N3O3S. The standard InChI is InChI=1S/C18H25N3O3S/c1-13(20-25(22,23)18-14(2)19-24-15(18)3)16-7-9-17(10-8-16)21-11-5-4-6-12-21/h7-10,13,20H,4-6,11-12H2,1-3H3/t13-/m1/s1. The highest BCUT2D eigenvalue weighted by Crippen LogP contribution is 2.25. The number of aryl methyl sites for hydroxylation is 2. The van der Waals surface area contributed by atoms with Crippen molar-refractivity contribution in [2.45, 2.75) is 51.0 Å². The average Bonchev–Trinajstić information content (AvgIpc) is 2.95. The van der Waals surface area contributed by atoms with Crippen LogP contribution in [0.15, 0.2) is 33.7 Å². The molecule has 1 saturated heterocycles. The Labute approximate surface area is 149 Å². The van der Waals surface area contributed by atoms with E-state index < -0.39 is 10.0 Å². The first-order valence-electron chi connectivity index (χ1n) is 8.68. The van der Waals surface area contributed by atoms with Gasteiger partial charge < -0.3 is 9.42 Å². The minimum Gasteiger partial charge on any atom is -0.372 e. The summed E-state index contributed by atoms with van der Waals surface area (Å²) >= 11 is 0. The number of rotatable bonds is 5. The predicted octanol–water partition coefficient (Wildman–Crippen LogP) is 3.32. The largest absolute Gasteiger partial charge is 0.372 e. The second kappa shape index (κ2) is 7.17. The van der Waals surface area contributed by atoms with Crippen LogP contribution in [0.25, 0.3) is 0 Å². The van der Waals surface area contributed by atoms with E-state index in [4.69, 9.17) is 4.52 Å². The zero-order chi connectivity index (χ0) is 18.0. The van der Waals surface area contributed by atoms with E-state index in [1.165, 1.54) is 24.9 Å². The normalized spacial score (nSPS) is 16.8. The van der Waals surface area contributed by atoms with Gasteiger partial charge in [0.05, 0.1) is 0 Å². The molecule has 0 amide bonds. The number of hydrogen-bond acceptors (Lipinski definition) is 5. The highest BCUT2D eigenvalue weighted by Gasteiger charge is 2.26. The van der Waals surface area contributed by atoms with Crippen molar-refractivity contribution >= 4 is 15.7 Å². The highest BCUT2D eigenvalue weighted by atomic mass is 32.2. The van der Waals surface area contributed by atoms with Crippen molar-refractivity contribution in [3.8, 4) is 0 Å². The molecule has 1 fully saturated rings. The van der Waals surface area contributed by atoms with Gasteiger partial charge in [0.2, 0.25) is 10.0 Å². The number of piperidine rings is 1. The molecule has 1 aliphatic rings. The summed E-state index contributed by atoms with van der Waals surface area (Å²) in [6, 6.07) is 7.78. The van der Waals surface area contributed by atoms with E-state index >= 15 is 0 Å². The lowest BCUT2D eigenvalue weighted by atomic mass is 10.1. The predicted molar refractivity (Wildman–Crippen MR) is 97.2 cm³/mol. The molecule has 0 unspecified atom stereocenters. The van der Waals surface area contributed by atoms with Gasteiger partial charge in [-0.15, -0.1) is 0 Å². The first-order valence-corrected chi connectivity index (χ1v) is 10.2. The highest BCUT2D eigenvalue weighted by molar-refractivity contribution is 7.89. The van der Waals surface area contributed by atoms with E-state index in [1.807, 2.05) is 19.1 Å². The summed E-state index contributed by atoms with van der Waals surface area (Å²) in [5, 5.41) is 3.73. The maximum atomic E-state index is 12.6. The SMILES string of the molecule is Cc1noc(C)c1S(=O)(=O)N[C@H](C)c1ccc(N2CCCCC2)cc1. The number of nitrogens with one attached hydrogen (secondary N) is 1. The molecule has 25 heavy (non-hydrogen) atoms. The van der Waals surface area contributed by atoms with Crippen molar-refractivity contribution in [1.82, 2.24) is 9.88 Å². The molecule has 1 aromatic carbocycles. The van der Waals surface area contributed by atoms with Crippen LogP contribution < -0.4 is 9.62 Å². The molecule has 7 heteroatoms. The van der Waals surface area contributed by atoms with E-state index in [0.717, 1.165) is 18.7 Å². The minimum atomic E-state index is -3.67. The van der Waals surface area contributed by atoms with Crippen LogP contribution in [0.4, 0.5) is 5.69 Å². The quantitative estimate of drug-likeness (QED) is 0.882. The van der Waals surface area contributed by atoms with Crippen molar-refractivity contribution < 1.29 is 12.9 Å². The van der Waals surface area contributed by atoms with E-state index in [1.54, 1.807) is 13.8 Å². The summed E-state index contributed by atoms with van der Waals surface area (Å²) in [7, 11) is -3.67. The second-order valence-corrected chi connectivity index (χ2v) is 8.29. The van der Waals surface area contributed by atoms with Crippen LogP contribution in [0.2, 0.25) is 0 Å². The molecule has 0 bridgehead atoms. The van der Waals surface area contributed by atoms with Crippen molar-refractivity contribution in [1.29, 1.82) is 0 Å². The van der Waals surface area contributed by atoms with Crippen LogP contribution in [0, 0.1) is 13.8 Å². The van der Waals surface area contributed by atoms with E-state index in [0.29, 0.717) is 11.5 Å². The monoisotopic (exact) mass is 363 g/mol. The topological polar surface area (TPSA) is 75.4 Å². The molecule has 1 aromatic heterocycles. The van der Waals surface area contributed by atoms with Gasteiger partial charge in [-0.25, -0.2) is 13.1 Å². The molecule has 0 spiro atoms. The van der Waals surface area contributed by atoms with Crippen molar-refractivity contribution in [2.24, 2.45) is 0 Å². The van der Waals surface area contributed by atoms with Crippen molar-refractivity contribution in [3.05, 3.63) is 41.3 Å². The molecule has 136 valence electrons. The number of anilines is 1. The molecule has 0 aliphatic carbocycles. The Morgan fingerprint density at radius 1 is 1.12 bits per heavy atom. The summed E-state index contributed by atoms with van der Waals surface area (Å²) in [5.74, 6) is 0.303. The van der Waals surface area contributed by atoms with Crippen LogP contribution >= 0.6 is 0 Å². The van der Waals surface area contributed by atoms with Crippen LogP contribution in [-0.2, 0) is 10.0 Å². The summed E-state index contributed by atoms with van der Waals surface area (Å²) in [6.07, 6.45) is 3.76. The summed E-state index contributed by atoms with van der Waals surface area (Å²) in [4.78, 5) is 2.51. The van der Waals surface area contributed by atoms with Crippen LogP contribution in [0.1, 0.15) is 49.2 Å². The molecular weight excluding hydrogens is 338 g/mol. The fourth-order valence-electron chi connectivity index (χ4n) is 3.34. The van der Waals surface area contributed by atoms with Crippen LogP contribution in [0.5, 0.6) is 0 Å². The minimum absolute atomic E-state index is 0.129. The fraction of sp³-hybridized carbons (Fsp3) is 0.500. The number of nitrogens with zero attached hydrogens (tertiary/aromatic N) is 2. The smallest absolute Gasteiger partial charge is 0.246 e. The van der Waals surface area contributed by atoms with Crippen molar-refractivity contribution in [3.63, 3.8) is 0 Å². The number of hydrogen-bond donors (Lipinski definition) is 1. The lowest BCUT2D eigenvalue weighted by Gasteiger charge is -2.29. The van der Waals surface area contributed by atoms with Gasteiger partial charge >= 0.3 is 0 Å². The number of benzene rings is 1. The van der Waals surface area contributed by atoms with E-state index in [9.17, 15) is 8.42 Å². The third-order valence-electron chi connectivity index (χ3n) is 4.68. The van der Waals surface area contributed by atoms with Crippen LogP contribution in [0.3, 0.4) is 0 Å². The molecule has 2 aromatic rings. The van der Waals surface area contributed by atoms with Gasteiger partial charge in [-0.2, -0.15) is 0 Å². The first-order chi connectivity index (χ1) is 11.9. The zero-order valence-electron chi connectivity index (χ0n) is 14.9. The summed E-state index contributed by atoms with van der Waals surface area (Å²) in [6.45, 7) is 7.25. The van der Waals surface area contributed by atoms with Gasteiger partial charge in [0.25, 0.3) is 0 Å². The van der Waals surface area contributed by atoms with Gasteiger partial charge in [0.15, 0.2) is 5.76 Å². The molecule has 1 N–H and O–H groups in total.